The van der Waals surface area contributed by atoms with Crippen LogP contribution in [-0.2, 0) is 70.4 Å². The number of aromatic hydroxyl groups is 1. The zero-order valence-corrected chi connectivity index (χ0v) is 46.3. The van der Waals surface area contributed by atoms with E-state index < -0.39 is 152 Å². The predicted octanol–water partition coefficient (Wildman–Crippen LogP) is -4.37. The second-order valence-corrected chi connectivity index (χ2v) is 20.3. The number of amides is 9. The van der Waals surface area contributed by atoms with E-state index in [1.165, 1.54) is 35.4 Å². The Kier molecular flexibility index (Phi) is 26.3. The van der Waals surface area contributed by atoms with Crippen LogP contribution in [0.3, 0.4) is 0 Å². The third-order valence-electron chi connectivity index (χ3n) is 13.2. The van der Waals surface area contributed by atoms with Gasteiger partial charge in [0.2, 0.25) is 53.2 Å². The number of carbonyl (C=O) groups excluding carboxylic acids is 9. The summed E-state index contributed by atoms with van der Waals surface area (Å²) in [6, 6.07) is 0.252. The monoisotopic (exact) mass is 1180 g/mol. The Morgan fingerprint density at radius 3 is 1.92 bits per heavy atom. The maximum Gasteiger partial charge on any atom is 0.322 e. The van der Waals surface area contributed by atoms with Gasteiger partial charge in [-0.3, -0.25) is 62.5 Å². The van der Waals surface area contributed by atoms with Crippen molar-refractivity contribution in [2.75, 3.05) is 32.8 Å². The highest BCUT2D eigenvalue weighted by atomic mass is 16.4. The van der Waals surface area contributed by atoms with E-state index in [1.807, 2.05) is 0 Å². The lowest BCUT2D eigenvalue weighted by molar-refractivity contribution is -0.143. The van der Waals surface area contributed by atoms with Gasteiger partial charge in [-0.2, -0.15) is 0 Å². The number of aliphatic imine (C=N–C) groups is 1. The number of carbonyl (C=O) groups is 12. The van der Waals surface area contributed by atoms with E-state index in [0.29, 0.717) is 28.5 Å². The number of aliphatic carboxylic acids is 3. The number of aromatic nitrogens is 1. The number of aromatic amines is 1. The second kappa shape index (κ2) is 32.9. The summed E-state index contributed by atoms with van der Waals surface area (Å²) >= 11 is 0. The molecule has 0 bridgehead atoms. The van der Waals surface area contributed by atoms with Gasteiger partial charge in [-0.25, -0.2) is 0 Å². The summed E-state index contributed by atoms with van der Waals surface area (Å²) in [4.78, 5) is 166. The molecule has 0 aliphatic carbocycles. The summed E-state index contributed by atoms with van der Waals surface area (Å²) in [7, 11) is 0. The molecular weight excluding hydrogens is 1100 g/mol. The molecule has 2 aromatic carbocycles. The lowest BCUT2D eigenvalue weighted by atomic mass is 10.0. The molecule has 1 aliphatic rings. The maximum atomic E-state index is 14.2. The van der Waals surface area contributed by atoms with Crippen LogP contribution in [0, 0.1) is 5.92 Å². The minimum Gasteiger partial charge on any atom is -0.508 e. The number of rotatable bonds is 34. The molecule has 1 fully saturated rings. The van der Waals surface area contributed by atoms with E-state index >= 15 is 0 Å². The molecule has 9 amide bonds. The number of nitrogens with two attached hydrogens (primary N) is 3. The summed E-state index contributed by atoms with van der Waals surface area (Å²) in [6.45, 7) is 1.10. The van der Waals surface area contributed by atoms with E-state index in [2.05, 4.69) is 52.5 Å². The molecule has 2 heterocycles. The first-order valence-electron chi connectivity index (χ1n) is 26.8. The van der Waals surface area contributed by atoms with Gasteiger partial charge in [0.1, 0.15) is 54.6 Å². The molecule has 0 radical (unpaired) electrons. The van der Waals surface area contributed by atoms with Gasteiger partial charge in [-0.1, -0.05) is 44.2 Å². The molecule has 8 atom stereocenters. The summed E-state index contributed by atoms with van der Waals surface area (Å²) in [5, 5.41) is 68.1. The molecule has 1 saturated heterocycles. The van der Waals surface area contributed by atoms with Gasteiger partial charge in [0.15, 0.2) is 5.96 Å². The topological polar surface area (TPSA) is 512 Å². The second-order valence-electron chi connectivity index (χ2n) is 20.3. The number of guanidine groups is 1. The first-order valence-corrected chi connectivity index (χ1v) is 26.8. The van der Waals surface area contributed by atoms with Crippen molar-refractivity contribution in [1.82, 2.24) is 52.4 Å². The Bertz CT molecular complexity index is 2880. The molecule has 3 aromatic rings. The number of hydrogen-bond acceptors (Lipinski definition) is 16. The van der Waals surface area contributed by atoms with Gasteiger partial charge in [-0.15, -0.1) is 0 Å². The molecule has 31 nitrogen and oxygen atoms in total. The number of aliphatic hydroxyl groups excluding tert-OH is 1. The van der Waals surface area contributed by atoms with Crippen LogP contribution < -0.4 is 59.7 Å². The molecule has 1 aliphatic heterocycles. The predicted molar refractivity (Wildman–Crippen MR) is 297 cm³/mol. The van der Waals surface area contributed by atoms with Gasteiger partial charge in [0.25, 0.3) is 0 Å². The quantitative estimate of drug-likeness (QED) is 0.0153. The Morgan fingerprint density at radius 2 is 1.29 bits per heavy atom. The number of para-hydroxylation sites is 1. The number of carboxylic acids is 3. The summed E-state index contributed by atoms with van der Waals surface area (Å²) < 4.78 is 0. The number of carboxylic acid groups (broad SMARTS) is 3. The minimum atomic E-state index is -1.86. The zero-order valence-electron chi connectivity index (χ0n) is 46.3. The van der Waals surface area contributed by atoms with Crippen molar-refractivity contribution >= 4 is 87.9 Å². The summed E-state index contributed by atoms with van der Waals surface area (Å²) in [6.07, 6.45) is -0.205. The maximum absolute atomic E-state index is 14.2. The van der Waals surface area contributed by atoms with Gasteiger partial charge >= 0.3 is 17.9 Å². The molecule has 84 heavy (non-hydrogen) atoms. The Labute approximate surface area is 481 Å². The van der Waals surface area contributed by atoms with Crippen molar-refractivity contribution in [1.29, 1.82) is 0 Å². The first kappa shape index (κ1) is 67.1. The number of benzene rings is 2. The highest BCUT2D eigenvalue weighted by Gasteiger charge is 2.39. The van der Waals surface area contributed by atoms with Crippen molar-refractivity contribution in [3.05, 3.63) is 65.9 Å². The van der Waals surface area contributed by atoms with Crippen LogP contribution in [0.25, 0.3) is 10.9 Å². The van der Waals surface area contributed by atoms with Crippen LogP contribution in [0.1, 0.15) is 76.3 Å². The summed E-state index contributed by atoms with van der Waals surface area (Å²) in [5.41, 5.74) is 18.2. The van der Waals surface area contributed by atoms with E-state index in [0.717, 1.165) is 0 Å². The SMILES string of the molecule is CC(C)C[C@H](NC(=O)CNC(=O)[C@H](Cc1ccc(O)cc1)NC(=O)[C@H](CO)NC(=O)[C@H](Cc1c[nH]c2ccccc12)NC(=O)[C@H](CC(=O)O)NC(=O)[C@@H](N)CCC(=O)O)C(=O)N[C@@H](CCCN=C(N)N)C(=O)N1CCC[C@H]1C(=O)NCC(=O)O. The third-order valence-corrected chi connectivity index (χ3v) is 13.2. The Morgan fingerprint density at radius 1 is 0.679 bits per heavy atom. The van der Waals surface area contributed by atoms with Crippen molar-refractivity contribution in [2.24, 2.45) is 28.1 Å². The fourth-order valence-corrected chi connectivity index (χ4v) is 8.95. The highest BCUT2D eigenvalue weighted by Crippen LogP contribution is 2.22. The van der Waals surface area contributed by atoms with Crippen LogP contribution in [-0.4, -0.2) is 194 Å². The number of nitrogens with zero attached hydrogens (tertiary/aromatic N) is 2. The van der Waals surface area contributed by atoms with E-state index in [-0.39, 0.29) is 75.7 Å². The third kappa shape index (κ3) is 21.8. The first-order chi connectivity index (χ1) is 39.8. The standard InChI is InChI=1S/C53H74N14O17/c1-27(2)19-35(47(79)62-34(9-5-17-57-53(55)56)52(84)67-18-6-10-40(67)51(83)60-25-44(75)76)61-41(70)24-59-46(78)36(20-28-11-13-30(69)14-12-28)64-50(82)39(26-68)66-48(80)37(21-29-23-58-33-8-4-3-7-31(29)33)65-49(81)38(22-43(73)74)63-45(77)32(54)15-16-42(71)72/h3-4,7-8,11-14,23,27,32,34-40,58,68-69H,5-6,9-10,15-22,24-26,54H2,1-2H3,(H,59,78)(H,60,83)(H,61,70)(H,62,79)(H,63,77)(H,64,82)(H,65,81)(H,66,80)(H,71,72)(H,73,74)(H,75,76)(H4,55,56,57)/t32-,34-,35-,36-,37-,38-,39-,40-/m0/s1. The van der Waals surface area contributed by atoms with Crippen LogP contribution in [0.15, 0.2) is 59.7 Å². The lowest BCUT2D eigenvalue weighted by Crippen LogP contribution is -2.60. The van der Waals surface area contributed by atoms with Crippen molar-refractivity contribution < 1.29 is 83.1 Å². The minimum absolute atomic E-state index is 0.0227. The fourth-order valence-electron chi connectivity index (χ4n) is 8.95. The van der Waals surface area contributed by atoms with Gasteiger partial charge in [0.05, 0.1) is 25.6 Å². The molecule has 0 spiro atoms. The van der Waals surface area contributed by atoms with Gasteiger partial charge in [-0.05, 0) is 73.8 Å². The van der Waals surface area contributed by atoms with Crippen molar-refractivity contribution in [2.45, 2.75) is 126 Å². The van der Waals surface area contributed by atoms with E-state index in [4.69, 9.17) is 27.4 Å². The van der Waals surface area contributed by atoms with Gasteiger partial charge < -0.3 is 95.2 Å². The number of nitrogens with one attached hydrogen (secondary N) is 9. The smallest absolute Gasteiger partial charge is 0.322 e. The number of H-pyrrole nitrogens is 1. The number of phenols is 1. The normalized spacial score (nSPS) is 15.3. The van der Waals surface area contributed by atoms with Crippen LogP contribution in [0.5, 0.6) is 5.75 Å². The largest absolute Gasteiger partial charge is 0.508 e. The molecule has 0 unspecified atom stereocenters. The van der Waals surface area contributed by atoms with Crippen LogP contribution in [0.4, 0.5) is 0 Å². The van der Waals surface area contributed by atoms with Gasteiger partial charge in [0, 0.05) is 49.5 Å². The fraction of sp³-hybridized carbons (Fsp3) is 0.491. The Hall–Kier alpha value is -9.39. The zero-order chi connectivity index (χ0) is 62.2. The number of hydrogen-bond donors (Lipinski definition) is 17. The molecule has 31 heteroatoms. The van der Waals surface area contributed by atoms with E-state index in [9.17, 15) is 72.9 Å². The average Bonchev–Trinajstić information content (AvgIpc) is 4.33. The van der Waals surface area contributed by atoms with Crippen molar-refractivity contribution in [3.8, 4) is 5.75 Å². The number of phenolic OH excluding ortho intramolecular Hbond substituents is 1. The molecule has 4 rings (SSSR count). The highest BCUT2D eigenvalue weighted by molar-refractivity contribution is 5.99. The number of fused-ring (bicyclic) bond motifs is 1. The average molecular weight is 1180 g/mol. The van der Waals surface area contributed by atoms with Crippen molar-refractivity contribution in [3.63, 3.8) is 0 Å². The number of likely N-dealkylation sites (tertiary alicyclic amines) is 1. The molecule has 1 aromatic heterocycles. The van der Waals surface area contributed by atoms with E-state index in [1.54, 1.807) is 38.1 Å². The van der Waals surface area contributed by atoms with Crippen LogP contribution in [0.2, 0.25) is 0 Å². The molecule has 458 valence electrons. The molecule has 20 N–H and O–H groups in total. The Balaban J connectivity index is 1.54. The lowest BCUT2D eigenvalue weighted by Gasteiger charge is -2.30. The molecule has 0 saturated carbocycles. The number of aliphatic hydroxyl groups is 1. The summed E-state index contributed by atoms with van der Waals surface area (Å²) in [5.74, 6) is -13.3. The molecular formula is C53H74N14O17. The van der Waals surface area contributed by atoms with Crippen LogP contribution >= 0.6 is 0 Å².